The van der Waals surface area contributed by atoms with Crippen LogP contribution in [0.2, 0.25) is 0 Å². The van der Waals surface area contributed by atoms with Crippen molar-refractivity contribution < 1.29 is 9.18 Å². The van der Waals surface area contributed by atoms with Crippen molar-refractivity contribution in [3.63, 3.8) is 0 Å². The normalized spacial score (nSPS) is 22.0. The van der Waals surface area contributed by atoms with Gasteiger partial charge in [0, 0.05) is 24.1 Å². The molecule has 1 aromatic carbocycles. The van der Waals surface area contributed by atoms with Gasteiger partial charge < -0.3 is 5.32 Å². The number of carbonyl (C=O) groups excluding carboxylic acids is 1. The summed E-state index contributed by atoms with van der Waals surface area (Å²) in [6.45, 7) is 8.83. The fraction of sp³-hybridized carbons (Fsp3) is 0.296. The third-order valence-corrected chi connectivity index (χ3v) is 7.29. The highest BCUT2D eigenvalue weighted by atomic mass is 32.2. The average molecular weight is 462 g/mol. The van der Waals surface area contributed by atoms with Crippen LogP contribution in [-0.4, -0.2) is 27.2 Å². The van der Waals surface area contributed by atoms with Crippen molar-refractivity contribution in [2.75, 3.05) is 6.54 Å². The van der Waals surface area contributed by atoms with Crippen molar-refractivity contribution >= 4 is 28.1 Å². The summed E-state index contributed by atoms with van der Waals surface area (Å²) in [5.74, 6) is 0.883. The van der Waals surface area contributed by atoms with Gasteiger partial charge in [0.1, 0.15) is 5.82 Å². The zero-order chi connectivity index (χ0) is 23.4. The summed E-state index contributed by atoms with van der Waals surface area (Å²) < 4.78 is 12.6. The first-order chi connectivity index (χ1) is 15.8. The van der Waals surface area contributed by atoms with Crippen LogP contribution in [0, 0.1) is 11.7 Å². The van der Waals surface area contributed by atoms with E-state index in [1.807, 2.05) is 13.0 Å². The van der Waals surface area contributed by atoms with Crippen LogP contribution in [0.15, 0.2) is 73.0 Å². The highest BCUT2D eigenvalue weighted by Gasteiger charge is 2.38. The number of nitrogens with one attached hydrogen (secondary N) is 1. The number of aromatic nitrogens is 2. The number of benzene rings is 1. The Labute approximate surface area is 198 Å². The molecule has 0 bridgehead atoms. The fourth-order valence-corrected chi connectivity index (χ4v) is 4.98. The molecule has 2 unspecified atom stereocenters. The number of allylic oxidation sites excluding steroid dienone is 4. The van der Waals surface area contributed by atoms with E-state index in [1.54, 1.807) is 18.3 Å². The van der Waals surface area contributed by atoms with E-state index in [1.165, 1.54) is 23.9 Å². The van der Waals surface area contributed by atoms with Gasteiger partial charge in [-0.15, -0.1) is 11.8 Å². The number of thioether (sulfide) groups is 1. The summed E-state index contributed by atoms with van der Waals surface area (Å²) in [6, 6.07) is 8.21. The third kappa shape index (κ3) is 5.69. The number of amides is 1. The van der Waals surface area contributed by atoms with Crippen LogP contribution in [0.1, 0.15) is 43.8 Å². The molecule has 0 radical (unpaired) electrons. The largest absolute Gasteiger partial charge is 0.351 e. The molecule has 4 nitrogen and oxygen atoms in total. The van der Waals surface area contributed by atoms with Gasteiger partial charge in [-0.05, 0) is 60.6 Å². The number of hydrogen-bond donors (Lipinski definition) is 1. The minimum atomic E-state index is -0.572. The molecule has 1 amide bonds. The highest BCUT2D eigenvalue weighted by Crippen LogP contribution is 2.46. The molecule has 6 heteroatoms. The Kier molecular flexibility index (Phi) is 6.94. The third-order valence-electron chi connectivity index (χ3n) is 5.89. The van der Waals surface area contributed by atoms with E-state index >= 15 is 0 Å². The van der Waals surface area contributed by atoms with Crippen LogP contribution in [0.3, 0.4) is 0 Å². The molecule has 33 heavy (non-hydrogen) atoms. The van der Waals surface area contributed by atoms with E-state index in [9.17, 15) is 9.18 Å². The Morgan fingerprint density at radius 1 is 1.27 bits per heavy atom. The van der Waals surface area contributed by atoms with Crippen molar-refractivity contribution in [3.8, 4) is 0 Å². The molecule has 2 atom stereocenters. The smallest absolute Gasteiger partial charge is 0.236 e. The molecule has 2 aliphatic rings. The monoisotopic (exact) mass is 461 g/mol. The van der Waals surface area contributed by atoms with Gasteiger partial charge in [0.15, 0.2) is 5.82 Å². The lowest BCUT2D eigenvalue weighted by atomic mass is 9.98. The van der Waals surface area contributed by atoms with Crippen molar-refractivity contribution in [3.05, 3.63) is 95.9 Å². The molecule has 2 aromatic rings. The van der Waals surface area contributed by atoms with Crippen molar-refractivity contribution in [1.82, 2.24) is 15.3 Å². The molecule has 0 spiro atoms. The SMILES string of the molecule is C=C(Cc1ccc(F)cc1)c1nccc(C2=CCC(C)(C(=O)NCC3=CCC(C)C=C3)S2)n1. The molecule has 0 saturated heterocycles. The van der Waals surface area contributed by atoms with Gasteiger partial charge in [-0.25, -0.2) is 14.4 Å². The van der Waals surface area contributed by atoms with Gasteiger partial charge in [0.05, 0.1) is 10.4 Å². The number of halogens is 1. The molecule has 0 saturated carbocycles. The van der Waals surface area contributed by atoms with Crippen molar-refractivity contribution in [2.24, 2.45) is 5.92 Å². The maximum atomic E-state index is 13.2. The molecule has 0 fully saturated rings. The van der Waals surface area contributed by atoms with E-state index in [-0.39, 0.29) is 11.7 Å². The second kappa shape index (κ2) is 9.87. The quantitative estimate of drug-likeness (QED) is 0.571. The summed E-state index contributed by atoms with van der Waals surface area (Å²) in [4.78, 5) is 23.0. The highest BCUT2D eigenvalue weighted by molar-refractivity contribution is 8.10. The lowest BCUT2D eigenvalue weighted by molar-refractivity contribution is -0.122. The average Bonchev–Trinajstić information content (AvgIpc) is 3.23. The van der Waals surface area contributed by atoms with Crippen LogP contribution in [-0.2, 0) is 11.2 Å². The Bertz CT molecular complexity index is 1150. The Hall–Kier alpha value is -2.99. The molecule has 1 aliphatic heterocycles. The molecule has 2 heterocycles. The standard InChI is InChI=1S/C27H28FN3OS/c1-18-4-6-21(7-5-18)17-30-26(32)27(3)14-12-24(33-27)23-13-15-29-25(31-23)19(2)16-20-8-10-22(28)11-9-20/h4,6-13,15,18H,2,5,14,16-17H2,1,3H3,(H,30,32). The van der Waals surface area contributed by atoms with E-state index in [0.717, 1.165) is 33.7 Å². The van der Waals surface area contributed by atoms with Crippen molar-refractivity contribution in [1.29, 1.82) is 0 Å². The minimum absolute atomic E-state index is 0.0293. The van der Waals surface area contributed by atoms with E-state index in [0.29, 0.717) is 31.1 Å². The van der Waals surface area contributed by atoms with Gasteiger partial charge in [-0.2, -0.15) is 0 Å². The van der Waals surface area contributed by atoms with E-state index in [2.05, 4.69) is 48.1 Å². The lowest BCUT2D eigenvalue weighted by Crippen LogP contribution is -2.41. The maximum Gasteiger partial charge on any atom is 0.236 e. The predicted octanol–water partition coefficient (Wildman–Crippen LogP) is 5.75. The van der Waals surface area contributed by atoms with Crippen LogP contribution < -0.4 is 5.32 Å². The number of hydrogen-bond acceptors (Lipinski definition) is 4. The zero-order valence-corrected chi connectivity index (χ0v) is 19.8. The molecule has 4 rings (SSSR count). The van der Waals surface area contributed by atoms with Crippen LogP contribution in [0.4, 0.5) is 4.39 Å². The Morgan fingerprint density at radius 2 is 2.06 bits per heavy atom. The maximum absolute atomic E-state index is 13.2. The predicted molar refractivity (Wildman–Crippen MR) is 134 cm³/mol. The topological polar surface area (TPSA) is 54.9 Å². The summed E-state index contributed by atoms with van der Waals surface area (Å²) in [5, 5.41) is 3.10. The van der Waals surface area contributed by atoms with E-state index in [4.69, 9.17) is 4.98 Å². The van der Waals surface area contributed by atoms with Gasteiger partial charge in [0.25, 0.3) is 0 Å². The first-order valence-electron chi connectivity index (χ1n) is 11.1. The molecule has 170 valence electrons. The first-order valence-corrected chi connectivity index (χ1v) is 11.9. The van der Waals surface area contributed by atoms with Crippen molar-refractivity contribution in [2.45, 2.75) is 37.9 Å². The number of rotatable bonds is 7. The van der Waals surface area contributed by atoms with Gasteiger partial charge >= 0.3 is 0 Å². The fourth-order valence-electron chi connectivity index (χ4n) is 3.78. The summed E-state index contributed by atoms with van der Waals surface area (Å²) >= 11 is 1.54. The van der Waals surface area contributed by atoms with Crippen LogP contribution >= 0.6 is 11.8 Å². The summed E-state index contributed by atoms with van der Waals surface area (Å²) in [6.07, 6.45) is 12.5. The summed E-state index contributed by atoms with van der Waals surface area (Å²) in [7, 11) is 0. The first kappa shape index (κ1) is 23.2. The number of carbonyl (C=O) groups is 1. The van der Waals surface area contributed by atoms with Gasteiger partial charge in [-0.1, -0.05) is 49.9 Å². The van der Waals surface area contributed by atoms with Gasteiger partial charge in [0.2, 0.25) is 5.91 Å². The Morgan fingerprint density at radius 3 is 2.79 bits per heavy atom. The number of nitrogens with zero attached hydrogens (tertiary/aromatic N) is 2. The lowest BCUT2D eigenvalue weighted by Gasteiger charge is -2.23. The second-order valence-electron chi connectivity index (χ2n) is 8.81. The molecular formula is C27H28FN3OS. The van der Waals surface area contributed by atoms with Gasteiger partial charge in [-0.3, -0.25) is 4.79 Å². The minimum Gasteiger partial charge on any atom is -0.351 e. The molecular weight excluding hydrogens is 433 g/mol. The van der Waals surface area contributed by atoms with Crippen LogP contribution in [0.25, 0.3) is 10.5 Å². The second-order valence-corrected chi connectivity index (χ2v) is 10.4. The molecule has 1 N–H and O–H groups in total. The molecule has 1 aromatic heterocycles. The van der Waals surface area contributed by atoms with Crippen LogP contribution in [0.5, 0.6) is 0 Å². The van der Waals surface area contributed by atoms with E-state index < -0.39 is 4.75 Å². The zero-order valence-electron chi connectivity index (χ0n) is 19.0. The molecule has 1 aliphatic carbocycles. The summed E-state index contributed by atoms with van der Waals surface area (Å²) in [5.41, 5.74) is 3.65. The Balaban J connectivity index is 1.38.